The van der Waals surface area contributed by atoms with E-state index >= 15 is 0 Å². The molecule has 29 heavy (non-hydrogen) atoms. The predicted molar refractivity (Wildman–Crippen MR) is 112 cm³/mol. The maximum atomic E-state index is 11.3. The molecule has 4 rings (SSSR count). The molecule has 0 saturated carbocycles. The van der Waals surface area contributed by atoms with E-state index < -0.39 is 4.92 Å². The quantitative estimate of drug-likeness (QED) is 0.391. The van der Waals surface area contributed by atoms with Crippen molar-refractivity contribution in [1.29, 1.82) is 0 Å². The van der Waals surface area contributed by atoms with Crippen LogP contribution < -0.4 is 4.74 Å². The summed E-state index contributed by atoms with van der Waals surface area (Å²) in [5.74, 6) is 0.669. The van der Waals surface area contributed by atoms with Gasteiger partial charge in [0, 0.05) is 25.2 Å². The summed E-state index contributed by atoms with van der Waals surface area (Å²) >= 11 is 5.81. The van der Waals surface area contributed by atoms with Crippen molar-refractivity contribution < 1.29 is 14.8 Å². The number of likely N-dealkylation sites (tertiary alicyclic amines) is 1. The van der Waals surface area contributed by atoms with Crippen LogP contribution >= 0.6 is 12.2 Å². The lowest BCUT2D eigenvalue weighted by Crippen LogP contribution is -2.37. The zero-order valence-corrected chi connectivity index (χ0v) is 16.8. The lowest BCUT2D eigenvalue weighted by atomic mass is 10.1. The number of fused-ring (bicyclic) bond motifs is 1. The van der Waals surface area contributed by atoms with Gasteiger partial charge in [-0.15, -0.1) is 0 Å². The number of ether oxygens (including phenoxy) is 1. The maximum Gasteiger partial charge on any atom is 0.271 e. The van der Waals surface area contributed by atoms with Crippen molar-refractivity contribution in [3.05, 3.63) is 57.3 Å². The number of rotatable bonds is 5. The van der Waals surface area contributed by atoms with E-state index in [0.717, 1.165) is 24.3 Å². The molecule has 2 heterocycles. The highest BCUT2D eigenvalue weighted by Crippen LogP contribution is 2.31. The molecule has 0 amide bonds. The Balaban J connectivity index is 1.89. The second-order valence-corrected chi connectivity index (χ2v) is 7.50. The first-order valence-electron chi connectivity index (χ1n) is 9.43. The first-order chi connectivity index (χ1) is 14.0. The van der Waals surface area contributed by atoms with Gasteiger partial charge in [-0.3, -0.25) is 19.6 Å². The lowest BCUT2D eigenvalue weighted by Gasteiger charge is -2.29. The minimum absolute atomic E-state index is 0.0208. The number of hydrogen-bond donors (Lipinski definition) is 1. The van der Waals surface area contributed by atoms with Crippen molar-refractivity contribution in [2.45, 2.75) is 25.6 Å². The number of hydrogen-bond acceptors (Lipinski definition) is 6. The summed E-state index contributed by atoms with van der Waals surface area (Å²) in [6.45, 7) is 2.00. The van der Waals surface area contributed by atoms with E-state index in [2.05, 4.69) is 4.90 Å². The topological polar surface area (TPSA) is 85.7 Å². The predicted octanol–water partition coefficient (Wildman–Crippen LogP) is 3.49. The Morgan fingerprint density at radius 3 is 2.62 bits per heavy atom. The van der Waals surface area contributed by atoms with E-state index in [1.807, 2.05) is 33.4 Å². The van der Waals surface area contributed by atoms with Crippen LogP contribution in [-0.2, 0) is 6.67 Å². The highest BCUT2D eigenvalue weighted by Gasteiger charge is 2.22. The van der Waals surface area contributed by atoms with Gasteiger partial charge in [-0.1, -0.05) is 12.1 Å². The van der Waals surface area contributed by atoms with Gasteiger partial charge < -0.3 is 14.4 Å². The number of piperidine rings is 1. The van der Waals surface area contributed by atoms with Crippen LogP contribution in [0.5, 0.6) is 5.75 Å². The Labute approximate surface area is 172 Å². The molecule has 0 spiro atoms. The third kappa shape index (κ3) is 3.64. The molecule has 0 bridgehead atoms. The molecule has 1 fully saturated rings. The van der Waals surface area contributed by atoms with Crippen molar-refractivity contribution in [3.63, 3.8) is 0 Å². The van der Waals surface area contributed by atoms with Crippen LogP contribution in [-0.4, -0.2) is 50.4 Å². The number of methoxy groups -OCH3 is 1. The van der Waals surface area contributed by atoms with Crippen molar-refractivity contribution in [2.75, 3.05) is 20.2 Å². The van der Waals surface area contributed by atoms with E-state index in [1.165, 1.54) is 6.07 Å². The van der Waals surface area contributed by atoms with Crippen LogP contribution in [0.2, 0.25) is 0 Å². The van der Waals surface area contributed by atoms with Gasteiger partial charge in [0.1, 0.15) is 5.75 Å². The number of aliphatic hydroxyl groups excluding tert-OH is 1. The molecule has 8 nitrogen and oxygen atoms in total. The fourth-order valence-electron chi connectivity index (χ4n) is 3.80. The molecule has 3 aromatic rings. The van der Waals surface area contributed by atoms with Gasteiger partial charge in [0.2, 0.25) is 0 Å². The first kappa shape index (κ1) is 19.6. The molecule has 152 valence electrons. The van der Waals surface area contributed by atoms with Crippen LogP contribution in [0.3, 0.4) is 0 Å². The third-order valence-corrected chi connectivity index (χ3v) is 5.75. The Bertz CT molecular complexity index is 1120. The highest BCUT2D eigenvalue weighted by atomic mass is 32.1. The zero-order valence-electron chi connectivity index (χ0n) is 16.0. The highest BCUT2D eigenvalue weighted by molar-refractivity contribution is 7.71. The summed E-state index contributed by atoms with van der Waals surface area (Å²) < 4.78 is 9.87. The molecule has 0 radical (unpaired) electrons. The molecule has 9 heteroatoms. The van der Waals surface area contributed by atoms with E-state index in [1.54, 1.807) is 19.2 Å². The average molecular weight is 414 g/mol. The molecular weight excluding hydrogens is 392 g/mol. The second kappa shape index (κ2) is 7.94. The standard InChI is InChI=1S/C20H22N4O4S/c1-28-19-5-3-2-4-17(19)23-16-7-6-14(24(26)27)12-18(16)22(20(23)29)13-21-10-8-15(25)9-11-21/h2-7,12,15,25H,8-11,13H2,1H3. The third-order valence-electron chi connectivity index (χ3n) is 5.35. The summed E-state index contributed by atoms with van der Waals surface area (Å²) in [6, 6.07) is 12.3. The van der Waals surface area contributed by atoms with Gasteiger partial charge in [-0.2, -0.15) is 0 Å². The average Bonchev–Trinajstić information content (AvgIpc) is 3.00. The SMILES string of the molecule is COc1ccccc1-n1c(=S)n(CN2CCC(O)CC2)c2cc([N+](=O)[O-])ccc21. The molecule has 2 aromatic carbocycles. The fraction of sp³-hybridized carbons (Fsp3) is 0.350. The van der Waals surface area contributed by atoms with Crippen molar-refractivity contribution in [2.24, 2.45) is 0 Å². The normalized spacial score (nSPS) is 15.7. The number of nitro groups is 1. The molecule has 1 aromatic heterocycles. The van der Waals surface area contributed by atoms with Gasteiger partial charge >= 0.3 is 0 Å². The minimum Gasteiger partial charge on any atom is -0.495 e. The monoisotopic (exact) mass is 414 g/mol. The van der Waals surface area contributed by atoms with E-state index in [9.17, 15) is 15.2 Å². The van der Waals surface area contributed by atoms with Gasteiger partial charge in [0.15, 0.2) is 4.77 Å². The van der Waals surface area contributed by atoms with E-state index in [4.69, 9.17) is 17.0 Å². The summed E-state index contributed by atoms with van der Waals surface area (Å²) in [6.07, 6.45) is 1.15. The molecule has 1 aliphatic rings. The van der Waals surface area contributed by atoms with Crippen LogP contribution in [0.25, 0.3) is 16.7 Å². The number of imidazole rings is 1. The number of aromatic nitrogens is 2. The van der Waals surface area contributed by atoms with Gasteiger partial charge in [-0.25, -0.2) is 0 Å². The van der Waals surface area contributed by atoms with Crippen LogP contribution in [0.4, 0.5) is 5.69 Å². The summed E-state index contributed by atoms with van der Waals surface area (Å²) in [5.41, 5.74) is 2.28. The van der Waals surface area contributed by atoms with Crippen molar-refractivity contribution in [3.8, 4) is 11.4 Å². The maximum absolute atomic E-state index is 11.3. The molecule has 0 unspecified atom stereocenters. The van der Waals surface area contributed by atoms with E-state index in [0.29, 0.717) is 35.5 Å². The zero-order chi connectivity index (χ0) is 20.5. The van der Waals surface area contributed by atoms with Crippen molar-refractivity contribution >= 4 is 28.9 Å². The molecular formula is C20H22N4O4S. The molecule has 0 aliphatic carbocycles. The van der Waals surface area contributed by atoms with E-state index in [-0.39, 0.29) is 11.8 Å². The molecule has 1 saturated heterocycles. The lowest BCUT2D eigenvalue weighted by molar-refractivity contribution is -0.384. The molecule has 1 N–H and O–H groups in total. The summed E-state index contributed by atoms with van der Waals surface area (Å²) in [5, 5.41) is 21.1. The number of aliphatic hydroxyl groups is 1. The second-order valence-electron chi connectivity index (χ2n) is 7.14. The summed E-state index contributed by atoms with van der Waals surface area (Å²) in [4.78, 5) is 13.2. The molecule has 0 atom stereocenters. The smallest absolute Gasteiger partial charge is 0.271 e. The number of nitro benzene ring substituents is 1. The van der Waals surface area contributed by atoms with Gasteiger partial charge in [-0.05, 0) is 43.3 Å². The Kier molecular flexibility index (Phi) is 5.35. The Morgan fingerprint density at radius 2 is 1.93 bits per heavy atom. The van der Waals surface area contributed by atoms with Gasteiger partial charge in [0.05, 0.1) is 41.5 Å². The minimum atomic E-state index is -0.398. The largest absolute Gasteiger partial charge is 0.495 e. The Hall–Kier alpha value is -2.75. The molecule has 1 aliphatic heterocycles. The Morgan fingerprint density at radius 1 is 1.21 bits per heavy atom. The fourth-order valence-corrected chi connectivity index (χ4v) is 4.15. The van der Waals surface area contributed by atoms with Gasteiger partial charge in [0.25, 0.3) is 5.69 Å². The number of non-ortho nitro benzene ring substituents is 1. The number of para-hydroxylation sites is 2. The van der Waals surface area contributed by atoms with Crippen LogP contribution in [0.1, 0.15) is 12.8 Å². The number of nitrogens with zero attached hydrogens (tertiary/aromatic N) is 4. The van der Waals surface area contributed by atoms with Crippen molar-refractivity contribution in [1.82, 2.24) is 14.0 Å². The van der Waals surface area contributed by atoms with Crippen LogP contribution in [0.15, 0.2) is 42.5 Å². The summed E-state index contributed by atoms with van der Waals surface area (Å²) in [7, 11) is 1.60. The number of benzene rings is 2. The van der Waals surface area contributed by atoms with Crippen LogP contribution in [0, 0.1) is 14.9 Å². The first-order valence-corrected chi connectivity index (χ1v) is 9.84.